The van der Waals surface area contributed by atoms with Gasteiger partial charge in [0.1, 0.15) is 5.60 Å². The molecule has 0 aromatic heterocycles. The van der Waals surface area contributed by atoms with E-state index in [-0.39, 0.29) is 11.2 Å². The SMILES string of the molecule is CCC(Cl)OOC(C)(C)C1CCCCC1. The van der Waals surface area contributed by atoms with E-state index in [2.05, 4.69) is 13.8 Å². The Morgan fingerprint density at radius 1 is 1.27 bits per heavy atom. The molecule has 1 unspecified atom stereocenters. The molecular weight excluding hydrogens is 212 g/mol. The molecule has 1 rings (SSSR count). The molecule has 3 heteroatoms. The second kappa shape index (κ2) is 6.07. The molecule has 0 radical (unpaired) electrons. The van der Waals surface area contributed by atoms with Gasteiger partial charge in [0, 0.05) is 0 Å². The Balaban J connectivity index is 2.35. The molecule has 1 saturated carbocycles. The van der Waals surface area contributed by atoms with Crippen molar-refractivity contribution in [1.82, 2.24) is 0 Å². The van der Waals surface area contributed by atoms with Crippen molar-refractivity contribution in [2.75, 3.05) is 0 Å². The number of rotatable bonds is 5. The van der Waals surface area contributed by atoms with Crippen LogP contribution in [0.2, 0.25) is 0 Å². The summed E-state index contributed by atoms with van der Waals surface area (Å²) in [6.45, 7) is 6.18. The van der Waals surface area contributed by atoms with Crippen molar-refractivity contribution >= 4 is 11.6 Å². The molecule has 0 aromatic carbocycles. The number of hydrogen-bond donors (Lipinski definition) is 0. The fourth-order valence-electron chi connectivity index (χ4n) is 2.11. The Morgan fingerprint density at radius 3 is 2.40 bits per heavy atom. The molecule has 0 aromatic rings. The highest BCUT2D eigenvalue weighted by Gasteiger charge is 2.33. The lowest BCUT2D eigenvalue weighted by atomic mass is 9.79. The average Bonchev–Trinajstić information content (AvgIpc) is 2.27. The van der Waals surface area contributed by atoms with Crippen molar-refractivity contribution in [2.24, 2.45) is 5.92 Å². The fraction of sp³-hybridized carbons (Fsp3) is 1.00. The zero-order valence-corrected chi connectivity index (χ0v) is 10.8. The molecule has 90 valence electrons. The fourth-order valence-corrected chi connectivity index (χ4v) is 2.15. The monoisotopic (exact) mass is 234 g/mol. The van der Waals surface area contributed by atoms with Crippen molar-refractivity contribution in [3.05, 3.63) is 0 Å². The van der Waals surface area contributed by atoms with Crippen LogP contribution in [0.1, 0.15) is 59.3 Å². The van der Waals surface area contributed by atoms with Gasteiger partial charge >= 0.3 is 0 Å². The lowest BCUT2D eigenvalue weighted by molar-refractivity contribution is -0.375. The zero-order chi connectivity index (χ0) is 11.3. The van der Waals surface area contributed by atoms with Gasteiger partial charge in [-0.2, -0.15) is 0 Å². The zero-order valence-electron chi connectivity index (χ0n) is 10.1. The van der Waals surface area contributed by atoms with E-state index in [1.54, 1.807) is 0 Å². The molecular formula is C12H23ClO2. The van der Waals surface area contributed by atoms with E-state index in [0.717, 1.165) is 6.42 Å². The number of hydrogen-bond acceptors (Lipinski definition) is 2. The van der Waals surface area contributed by atoms with E-state index >= 15 is 0 Å². The minimum atomic E-state index is -0.326. The second-order valence-electron chi connectivity index (χ2n) is 4.94. The molecule has 0 bridgehead atoms. The Bertz CT molecular complexity index is 176. The van der Waals surface area contributed by atoms with Crippen molar-refractivity contribution in [3.63, 3.8) is 0 Å². The van der Waals surface area contributed by atoms with Crippen LogP contribution in [0.5, 0.6) is 0 Å². The van der Waals surface area contributed by atoms with Crippen LogP contribution in [0.25, 0.3) is 0 Å². The van der Waals surface area contributed by atoms with Gasteiger partial charge in [-0.05, 0) is 39.0 Å². The smallest absolute Gasteiger partial charge is 0.166 e. The Labute approximate surface area is 98.2 Å². The van der Waals surface area contributed by atoms with E-state index < -0.39 is 0 Å². The summed E-state index contributed by atoms with van der Waals surface area (Å²) in [5.74, 6) is 0.604. The molecule has 1 fully saturated rings. The Kier molecular flexibility index (Phi) is 5.37. The highest BCUT2D eigenvalue weighted by atomic mass is 35.5. The maximum absolute atomic E-state index is 5.86. The highest BCUT2D eigenvalue weighted by Crippen LogP contribution is 2.35. The van der Waals surface area contributed by atoms with Gasteiger partial charge in [0.2, 0.25) is 0 Å². The number of alkyl halides is 1. The van der Waals surface area contributed by atoms with Crippen LogP contribution in [0.4, 0.5) is 0 Å². The standard InChI is InChI=1S/C12H23ClO2/c1-4-11(13)14-15-12(2,3)10-8-6-5-7-9-10/h10-11H,4-9H2,1-3H3. The van der Waals surface area contributed by atoms with E-state index in [9.17, 15) is 0 Å². The van der Waals surface area contributed by atoms with Crippen LogP contribution in [-0.2, 0) is 9.78 Å². The van der Waals surface area contributed by atoms with Crippen LogP contribution in [0, 0.1) is 5.92 Å². The molecule has 2 nitrogen and oxygen atoms in total. The van der Waals surface area contributed by atoms with Gasteiger partial charge in [0.05, 0.1) is 0 Å². The van der Waals surface area contributed by atoms with Crippen molar-refractivity contribution in [1.29, 1.82) is 0 Å². The summed E-state index contributed by atoms with van der Waals surface area (Å²) >= 11 is 5.86. The minimum Gasteiger partial charge on any atom is -0.229 e. The van der Waals surface area contributed by atoms with Gasteiger partial charge in [0.25, 0.3) is 0 Å². The molecule has 0 spiro atoms. The first-order chi connectivity index (χ1) is 7.06. The van der Waals surface area contributed by atoms with Gasteiger partial charge < -0.3 is 0 Å². The predicted molar refractivity (Wildman–Crippen MR) is 62.8 cm³/mol. The summed E-state index contributed by atoms with van der Waals surface area (Å²) in [5.41, 5.74) is -0.532. The lowest BCUT2D eigenvalue weighted by Gasteiger charge is -2.35. The van der Waals surface area contributed by atoms with Gasteiger partial charge in [-0.25, -0.2) is 9.78 Å². The van der Waals surface area contributed by atoms with Crippen LogP contribution < -0.4 is 0 Å². The van der Waals surface area contributed by atoms with Gasteiger partial charge in [0.15, 0.2) is 5.56 Å². The van der Waals surface area contributed by atoms with Crippen molar-refractivity contribution in [3.8, 4) is 0 Å². The average molecular weight is 235 g/mol. The van der Waals surface area contributed by atoms with E-state index in [4.69, 9.17) is 21.4 Å². The molecule has 1 aliphatic rings. The predicted octanol–water partition coefficient (Wildman–Crippen LogP) is 4.27. The third-order valence-electron chi connectivity index (χ3n) is 3.28. The topological polar surface area (TPSA) is 18.5 Å². The summed E-state index contributed by atoms with van der Waals surface area (Å²) in [6, 6.07) is 0. The van der Waals surface area contributed by atoms with Crippen molar-refractivity contribution in [2.45, 2.75) is 70.5 Å². The second-order valence-corrected chi connectivity index (χ2v) is 5.42. The lowest BCUT2D eigenvalue weighted by Crippen LogP contribution is -2.36. The van der Waals surface area contributed by atoms with E-state index in [1.165, 1.54) is 32.1 Å². The summed E-state index contributed by atoms with van der Waals surface area (Å²) in [7, 11) is 0. The molecule has 0 heterocycles. The highest BCUT2D eigenvalue weighted by molar-refractivity contribution is 6.19. The normalized spacial score (nSPS) is 21.6. The summed E-state index contributed by atoms with van der Waals surface area (Å²) in [6.07, 6.45) is 7.25. The first-order valence-electron chi connectivity index (χ1n) is 6.05. The number of halogens is 1. The van der Waals surface area contributed by atoms with Crippen molar-refractivity contribution < 1.29 is 9.78 Å². The molecule has 0 aliphatic heterocycles. The maximum Gasteiger partial charge on any atom is 0.166 e. The Morgan fingerprint density at radius 2 is 1.87 bits per heavy atom. The minimum absolute atomic E-state index is 0.206. The molecule has 1 atom stereocenters. The third-order valence-corrected chi connectivity index (χ3v) is 3.66. The van der Waals surface area contributed by atoms with Gasteiger partial charge in [-0.15, -0.1) is 0 Å². The van der Waals surface area contributed by atoms with Gasteiger partial charge in [-0.1, -0.05) is 37.8 Å². The molecule has 0 N–H and O–H groups in total. The summed E-state index contributed by atoms with van der Waals surface area (Å²) in [5, 5.41) is 0. The molecule has 15 heavy (non-hydrogen) atoms. The largest absolute Gasteiger partial charge is 0.229 e. The quantitative estimate of drug-likeness (QED) is 0.402. The molecule has 0 saturated heterocycles. The van der Waals surface area contributed by atoms with Crippen LogP contribution >= 0.6 is 11.6 Å². The first kappa shape index (κ1) is 13.3. The third kappa shape index (κ3) is 4.29. The van der Waals surface area contributed by atoms with E-state index in [1.807, 2.05) is 6.92 Å². The van der Waals surface area contributed by atoms with Crippen LogP contribution in [0.15, 0.2) is 0 Å². The maximum atomic E-state index is 5.86. The van der Waals surface area contributed by atoms with Crippen LogP contribution in [0.3, 0.4) is 0 Å². The van der Waals surface area contributed by atoms with Crippen LogP contribution in [-0.4, -0.2) is 11.2 Å². The summed E-state index contributed by atoms with van der Waals surface area (Å²) < 4.78 is 0. The van der Waals surface area contributed by atoms with Gasteiger partial charge in [-0.3, -0.25) is 0 Å². The molecule has 0 amide bonds. The first-order valence-corrected chi connectivity index (χ1v) is 6.48. The summed E-state index contributed by atoms with van der Waals surface area (Å²) in [4.78, 5) is 10.7. The molecule has 1 aliphatic carbocycles. The van der Waals surface area contributed by atoms with E-state index in [0.29, 0.717) is 5.92 Å². The Hall–Kier alpha value is 0.210.